The van der Waals surface area contributed by atoms with E-state index in [-0.39, 0.29) is 23.7 Å². The van der Waals surface area contributed by atoms with Crippen molar-refractivity contribution in [1.82, 2.24) is 0 Å². The minimum atomic E-state index is -1.31. The molecule has 184 valence electrons. The summed E-state index contributed by atoms with van der Waals surface area (Å²) in [7, 11) is 1.42. The number of ether oxygens (including phenoxy) is 1. The van der Waals surface area contributed by atoms with Gasteiger partial charge in [-0.15, -0.1) is 23.4 Å². The number of carbonyl (C=O) groups is 1. The molecule has 1 N–H and O–H groups in total. The standard InChI is InChI=1S/C22H23FN6O6/c1-5-8-27(9-6-2)20-11-15(24-22(30)7-3)16(12-21(20)35-4)25-26-17-10-14(23)18(28(31)32)13-19(17)29(33)34/h5-6,10-13H,1-2,7-9H2,3-4H3,(H,24,30). The maximum absolute atomic E-state index is 14.1. The molecule has 0 heterocycles. The second kappa shape index (κ2) is 12.0. The highest BCUT2D eigenvalue weighted by atomic mass is 19.1. The van der Waals surface area contributed by atoms with Gasteiger partial charge >= 0.3 is 11.4 Å². The number of benzene rings is 2. The van der Waals surface area contributed by atoms with Crippen LogP contribution in [0.15, 0.2) is 59.8 Å². The number of hydrogen-bond donors (Lipinski definition) is 1. The average molecular weight is 486 g/mol. The van der Waals surface area contributed by atoms with Crippen molar-refractivity contribution in [2.45, 2.75) is 13.3 Å². The first-order chi connectivity index (χ1) is 16.7. The Morgan fingerprint density at radius 1 is 1.09 bits per heavy atom. The number of methoxy groups -OCH3 is 1. The van der Waals surface area contributed by atoms with Gasteiger partial charge < -0.3 is 15.0 Å². The van der Waals surface area contributed by atoms with E-state index in [1.165, 1.54) is 13.2 Å². The van der Waals surface area contributed by atoms with Crippen LogP contribution in [-0.2, 0) is 4.79 Å². The van der Waals surface area contributed by atoms with E-state index in [1.54, 1.807) is 25.1 Å². The number of nitrogens with zero attached hydrogens (tertiary/aromatic N) is 5. The SMILES string of the molecule is C=CCN(CC=C)c1cc(NC(=O)CC)c(N=Nc2cc(F)c([N+](=O)[O-])cc2[N+](=O)[O-])cc1OC. The lowest BCUT2D eigenvalue weighted by Crippen LogP contribution is -2.24. The molecule has 1 amide bonds. The average Bonchev–Trinajstić information content (AvgIpc) is 2.82. The molecule has 0 atom stereocenters. The fourth-order valence-corrected chi connectivity index (χ4v) is 2.99. The number of halogens is 1. The van der Waals surface area contributed by atoms with Gasteiger partial charge in [0.15, 0.2) is 5.69 Å². The molecule has 2 aromatic rings. The maximum Gasteiger partial charge on any atom is 0.311 e. The quantitative estimate of drug-likeness (QED) is 0.177. The largest absolute Gasteiger partial charge is 0.494 e. The molecule has 0 saturated carbocycles. The van der Waals surface area contributed by atoms with E-state index in [0.29, 0.717) is 36.7 Å². The van der Waals surface area contributed by atoms with E-state index in [9.17, 15) is 29.4 Å². The molecule has 12 nitrogen and oxygen atoms in total. The summed E-state index contributed by atoms with van der Waals surface area (Å²) in [5.74, 6) is -1.32. The third kappa shape index (κ3) is 6.43. The van der Waals surface area contributed by atoms with E-state index in [1.807, 2.05) is 4.90 Å². The van der Waals surface area contributed by atoms with Crippen LogP contribution < -0.4 is 15.0 Å². The summed E-state index contributed by atoms with van der Waals surface area (Å²) < 4.78 is 19.6. The number of amides is 1. The van der Waals surface area contributed by atoms with Crippen LogP contribution in [0.25, 0.3) is 0 Å². The molecule has 0 radical (unpaired) electrons. The van der Waals surface area contributed by atoms with Gasteiger partial charge in [0.25, 0.3) is 0 Å². The molecule has 0 unspecified atom stereocenters. The summed E-state index contributed by atoms with van der Waals surface area (Å²) in [5, 5.41) is 32.7. The first-order valence-electron chi connectivity index (χ1n) is 10.2. The van der Waals surface area contributed by atoms with Crippen LogP contribution in [0.3, 0.4) is 0 Å². The van der Waals surface area contributed by atoms with E-state index in [2.05, 4.69) is 28.7 Å². The molecule has 2 rings (SSSR count). The number of azo groups is 1. The predicted octanol–water partition coefficient (Wildman–Crippen LogP) is 5.59. The first-order valence-corrected chi connectivity index (χ1v) is 10.2. The number of nitro benzene ring substituents is 2. The van der Waals surface area contributed by atoms with Crippen LogP contribution in [0.1, 0.15) is 13.3 Å². The summed E-state index contributed by atoms with van der Waals surface area (Å²) in [6.45, 7) is 9.96. The Morgan fingerprint density at radius 2 is 1.69 bits per heavy atom. The predicted molar refractivity (Wildman–Crippen MR) is 128 cm³/mol. The van der Waals surface area contributed by atoms with Crippen LogP contribution >= 0.6 is 0 Å². The van der Waals surface area contributed by atoms with Gasteiger partial charge in [0.05, 0.1) is 34.4 Å². The van der Waals surface area contributed by atoms with E-state index in [4.69, 9.17) is 4.74 Å². The van der Waals surface area contributed by atoms with Crippen molar-refractivity contribution >= 4 is 40.0 Å². The summed E-state index contributed by atoms with van der Waals surface area (Å²) in [6, 6.07) is 4.04. The highest BCUT2D eigenvalue weighted by molar-refractivity contribution is 5.95. The lowest BCUT2D eigenvalue weighted by Gasteiger charge is -2.25. The molecule has 2 aromatic carbocycles. The highest BCUT2D eigenvalue weighted by Crippen LogP contribution is 2.41. The molecule has 0 aliphatic heterocycles. The van der Waals surface area contributed by atoms with E-state index >= 15 is 0 Å². The van der Waals surface area contributed by atoms with Gasteiger partial charge in [0.1, 0.15) is 11.4 Å². The molecule has 0 aromatic heterocycles. The van der Waals surface area contributed by atoms with Crippen molar-refractivity contribution in [3.63, 3.8) is 0 Å². The number of carbonyl (C=O) groups excluding carboxylic acids is 1. The molecular formula is C22H23FN6O6. The number of anilines is 2. The third-order valence-electron chi connectivity index (χ3n) is 4.63. The molecule has 0 aliphatic carbocycles. The Kier molecular flexibility index (Phi) is 9.09. The fraction of sp³-hybridized carbons (Fsp3) is 0.227. The molecule has 13 heteroatoms. The molecule has 0 saturated heterocycles. The van der Waals surface area contributed by atoms with Gasteiger partial charge in [0.2, 0.25) is 11.7 Å². The lowest BCUT2D eigenvalue weighted by atomic mass is 10.2. The Labute approximate surface area is 199 Å². The molecule has 35 heavy (non-hydrogen) atoms. The van der Waals surface area contributed by atoms with Gasteiger partial charge in [0, 0.05) is 31.6 Å². The first kappa shape index (κ1) is 26.6. The number of hydrogen-bond acceptors (Lipinski definition) is 9. The molecular weight excluding hydrogens is 463 g/mol. The Balaban J connectivity index is 2.68. The number of nitrogens with one attached hydrogen (secondary N) is 1. The zero-order chi connectivity index (χ0) is 26.1. The van der Waals surface area contributed by atoms with Crippen molar-refractivity contribution in [3.8, 4) is 5.75 Å². The topological polar surface area (TPSA) is 153 Å². The monoisotopic (exact) mass is 486 g/mol. The number of rotatable bonds is 12. The van der Waals surface area contributed by atoms with Gasteiger partial charge in [-0.2, -0.15) is 4.39 Å². The molecule has 0 aliphatic rings. The van der Waals surface area contributed by atoms with Crippen LogP contribution in [0.4, 0.5) is 38.5 Å². The van der Waals surface area contributed by atoms with Crippen molar-refractivity contribution in [2.75, 3.05) is 30.4 Å². The minimum absolute atomic E-state index is 0.0533. The molecule has 0 bridgehead atoms. The minimum Gasteiger partial charge on any atom is -0.494 e. The van der Waals surface area contributed by atoms with E-state index < -0.39 is 32.7 Å². The van der Waals surface area contributed by atoms with Crippen molar-refractivity contribution < 1.29 is 23.8 Å². The van der Waals surface area contributed by atoms with E-state index in [0.717, 1.165) is 0 Å². The second-order valence-electron chi connectivity index (χ2n) is 6.93. The Morgan fingerprint density at radius 3 is 2.20 bits per heavy atom. The van der Waals surface area contributed by atoms with Gasteiger partial charge in [-0.3, -0.25) is 25.0 Å². The summed E-state index contributed by atoms with van der Waals surface area (Å²) >= 11 is 0. The third-order valence-corrected chi connectivity index (χ3v) is 4.63. The van der Waals surface area contributed by atoms with Crippen LogP contribution in [0, 0.1) is 26.0 Å². The van der Waals surface area contributed by atoms with Crippen molar-refractivity contribution in [3.05, 3.63) is 75.6 Å². The smallest absolute Gasteiger partial charge is 0.311 e. The molecule has 0 spiro atoms. The van der Waals surface area contributed by atoms with Gasteiger partial charge in [-0.1, -0.05) is 19.1 Å². The summed E-state index contributed by atoms with van der Waals surface area (Å²) in [5.41, 5.74) is -1.59. The van der Waals surface area contributed by atoms with Crippen LogP contribution in [0.2, 0.25) is 0 Å². The maximum atomic E-state index is 14.1. The highest BCUT2D eigenvalue weighted by Gasteiger charge is 2.25. The van der Waals surface area contributed by atoms with Crippen LogP contribution in [-0.4, -0.2) is 36.0 Å². The van der Waals surface area contributed by atoms with Crippen LogP contribution in [0.5, 0.6) is 5.75 Å². The normalized spacial score (nSPS) is 10.6. The zero-order valence-corrected chi connectivity index (χ0v) is 19.1. The van der Waals surface area contributed by atoms with Gasteiger partial charge in [-0.05, 0) is 6.07 Å². The summed E-state index contributed by atoms with van der Waals surface area (Å²) in [6.07, 6.45) is 3.49. The number of nitro groups is 2. The molecule has 0 fully saturated rings. The fourth-order valence-electron chi connectivity index (χ4n) is 2.99. The van der Waals surface area contributed by atoms with Crippen molar-refractivity contribution in [1.29, 1.82) is 0 Å². The summed E-state index contributed by atoms with van der Waals surface area (Å²) in [4.78, 5) is 34.3. The van der Waals surface area contributed by atoms with Crippen molar-refractivity contribution in [2.24, 2.45) is 10.2 Å². The van der Waals surface area contributed by atoms with Gasteiger partial charge in [-0.25, -0.2) is 0 Å². The zero-order valence-electron chi connectivity index (χ0n) is 19.1. The Bertz CT molecular complexity index is 1190. The second-order valence-corrected chi connectivity index (χ2v) is 6.93. The lowest BCUT2D eigenvalue weighted by molar-refractivity contribution is -0.395. The Hall–Kier alpha value is -4.68.